The van der Waals surface area contributed by atoms with Crippen LogP contribution in [-0.2, 0) is 16.0 Å². The molecule has 1 fully saturated rings. The van der Waals surface area contributed by atoms with Gasteiger partial charge < -0.3 is 10.2 Å². The summed E-state index contributed by atoms with van der Waals surface area (Å²) in [6.07, 6.45) is 1.80. The Bertz CT molecular complexity index is 715. The summed E-state index contributed by atoms with van der Waals surface area (Å²) >= 11 is 3.43. The predicted molar refractivity (Wildman–Crippen MR) is 93.8 cm³/mol. The number of urea groups is 1. The summed E-state index contributed by atoms with van der Waals surface area (Å²) in [4.78, 5) is 40.2. The summed E-state index contributed by atoms with van der Waals surface area (Å²) in [5, 5.41) is 2.75. The third-order valence-electron chi connectivity index (χ3n) is 4.98. The van der Waals surface area contributed by atoms with E-state index in [1.807, 2.05) is 32.0 Å². The largest absolute Gasteiger partial charge is 0.325 e. The van der Waals surface area contributed by atoms with Gasteiger partial charge in [0.05, 0.1) is 0 Å². The molecule has 128 valence electrons. The highest BCUT2D eigenvalue weighted by molar-refractivity contribution is 9.10. The molecule has 2 aliphatic heterocycles. The second kappa shape index (κ2) is 6.20. The van der Waals surface area contributed by atoms with Gasteiger partial charge in [-0.15, -0.1) is 0 Å². The van der Waals surface area contributed by atoms with Crippen LogP contribution >= 0.6 is 15.9 Å². The van der Waals surface area contributed by atoms with Crippen molar-refractivity contribution in [3.8, 4) is 0 Å². The van der Waals surface area contributed by atoms with Crippen LogP contribution in [0.1, 0.15) is 32.3 Å². The van der Waals surface area contributed by atoms with E-state index in [4.69, 9.17) is 0 Å². The molecule has 1 N–H and O–H groups in total. The Morgan fingerprint density at radius 1 is 1.29 bits per heavy atom. The van der Waals surface area contributed by atoms with E-state index in [1.165, 1.54) is 0 Å². The number of amides is 4. The van der Waals surface area contributed by atoms with Crippen molar-refractivity contribution in [3.63, 3.8) is 0 Å². The van der Waals surface area contributed by atoms with Gasteiger partial charge in [0, 0.05) is 16.7 Å². The van der Waals surface area contributed by atoms with Crippen LogP contribution in [0, 0.1) is 0 Å². The number of nitrogens with zero attached hydrogens (tertiary/aromatic N) is 2. The summed E-state index contributed by atoms with van der Waals surface area (Å²) in [5.74, 6) is -0.538. The number of rotatable bonds is 4. The second-order valence-electron chi connectivity index (χ2n) is 6.18. The number of halogens is 1. The van der Waals surface area contributed by atoms with Gasteiger partial charge in [-0.05, 0) is 43.0 Å². The van der Waals surface area contributed by atoms with E-state index in [2.05, 4.69) is 21.2 Å². The Balaban J connectivity index is 1.77. The Kier molecular flexibility index (Phi) is 4.38. The predicted octanol–water partition coefficient (Wildman–Crippen LogP) is 2.45. The highest BCUT2D eigenvalue weighted by Gasteiger charge is 2.49. The van der Waals surface area contributed by atoms with Crippen molar-refractivity contribution < 1.29 is 14.4 Å². The number of hydrogen-bond acceptors (Lipinski definition) is 3. The number of carbonyl (C=O) groups is 3. The molecule has 0 atom stereocenters. The zero-order valence-corrected chi connectivity index (χ0v) is 15.4. The van der Waals surface area contributed by atoms with Gasteiger partial charge in [0.2, 0.25) is 5.91 Å². The fraction of sp³-hybridized carbons (Fsp3) is 0.471. The number of imide groups is 1. The molecule has 1 aromatic carbocycles. The fourth-order valence-corrected chi connectivity index (χ4v) is 3.81. The van der Waals surface area contributed by atoms with Crippen LogP contribution in [-0.4, -0.2) is 41.4 Å². The van der Waals surface area contributed by atoms with Crippen LogP contribution in [0.4, 0.5) is 10.5 Å². The molecule has 0 radical (unpaired) electrons. The number of benzene rings is 1. The van der Waals surface area contributed by atoms with E-state index < -0.39 is 11.6 Å². The number of fused-ring (bicyclic) bond motifs is 1. The molecule has 0 spiro atoms. The van der Waals surface area contributed by atoms with Gasteiger partial charge in [0.25, 0.3) is 5.91 Å². The molecule has 0 aliphatic carbocycles. The van der Waals surface area contributed by atoms with Gasteiger partial charge in [0.15, 0.2) is 0 Å². The maximum Gasteiger partial charge on any atom is 0.325 e. The van der Waals surface area contributed by atoms with Crippen LogP contribution < -0.4 is 10.2 Å². The third kappa shape index (κ3) is 2.60. The van der Waals surface area contributed by atoms with Crippen LogP contribution in [0.5, 0.6) is 0 Å². The number of carbonyl (C=O) groups excluding carboxylic acids is 3. The van der Waals surface area contributed by atoms with Crippen LogP contribution in [0.2, 0.25) is 0 Å². The molecule has 2 heterocycles. The molecule has 0 unspecified atom stereocenters. The number of anilines is 1. The van der Waals surface area contributed by atoms with Crippen molar-refractivity contribution in [2.45, 2.75) is 38.6 Å². The maximum absolute atomic E-state index is 12.7. The molecular weight excluding hydrogens is 374 g/mol. The quantitative estimate of drug-likeness (QED) is 0.798. The molecule has 0 bridgehead atoms. The van der Waals surface area contributed by atoms with Crippen molar-refractivity contribution in [2.24, 2.45) is 0 Å². The Hall–Kier alpha value is -1.89. The minimum atomic E-state index is -0.870. The molecule has 2 aliphatic rings. The van der Waals surface area contributed by atoms with Gasteiger partial charge in [-0.1, -0.05) is 29.8 Å². The van der Waals surface area contributed by atoms with Gasteiger partial charge in [0.1, 0.15) is 12.1 Å². The standard InChI is InChI=1S/C17H20BrN3O3/c1-3-17(4-2)15(23)21(16(24)19-17)10-14(22)20-8-7-11-9-12(18)5-6-13(11)20/h5-6,9H,3-4,7-8,10H2,1-2H3,(H,19,24). The summed E-state index contributed by atoms with van der Waals surface area (Å²) < 4.78 is 0.973. The third-order valence-corrected chi connectivity index (χ3v) is 5.48. The van der Waals surface area contributed by atoms with Gasteiger partial charge in [-0.3, -0.25) is 14.5 Å². The lowest BCUT2D eigenvalue weighted by atomic mass is 9.93. The van der Waals surface area contributed by atoms with Crippen LogP contribution in [0.3, 0.4) is 0 Å². The molecule has 1 saturated heterocycles. The SMILES string of the molecule is CCC1(CC)NC(=O)N(CC(=O)N2CCc3cc(Br)ccc32)C1=O. The van der Waals surface area contributed by atoms with Crippen molar-refractivity contribution in [1.29, 1.82) is 0 Å². The lowest BCUT2D eigenvalue weighted by molar-refractivity contribution is -0.134. The van der Waals surface area contributed by atoms with E-state index in [-0.39, 0.29) is 18.4 Å². The second-order valence-corrected chi connectivity index (χ2v) is 7.09. The smallest absolute Gasteiger partial charge is 0.323 e. The minimum absolute atomic E-state index is 0.220. The molecule has 0 aromatic heterocycles. The zero-order chi connectivity index (χ0) is 17.5. The molecule has 24 heavy (non-hydrogen) atoms. The monoisotopic (exact) mass is 393 g/mol. The topological polar surface area (TPSA) is 69.7 Å². The van der Waals surface area contributed by atoms with E-state index in [0.29, 0.717) is 19.4 Å². The van der Waals surface area contributed by atoms with Crippen molar-refractivity contribution in [1.82, 2.24) is 10.2 Å². The average Bonchev–Trinajstić information content (AvgIpc) is 3.08. The van der Waals surface area contributed by atoms with Crippen molar-refractivity contribution >= 4 is 39.5 Å². The molecule has 1 aromatic rings. The van der Waals surface area contributed by atoms with Gasteiger partial charge in [-0.2, -0.15) is 0 Å². The molecular formula is C17H20BrN3O3. The van der Waals surface area contributed by atoms with Crippen LogP contribution in [0.15, 0.2) is 22.7 Å². The van der Waals surface area contributed by atoms with Crippen molar-refractivity contribution in [2.75, 3.05) is 18.0 Å². The first-order valence-electron chi connectivity index (χ1n) is 8.14. The highest BCUT2D eigenvalue weighted by atomic mass is 79.9. The first-order valence-corrected chi connectivity index (χ1v) is 8.94. The van der Waals surface area contributed by atoms with Crippen LogP contribution in [0.25, 0.3) is 0 Å². The summed E-state index contributed by atoms with van der Waals surface area (Å²) in [5.41, 5.74) is 1.07. The normalized spacial score (nSPS) is 18.8. The zero-order valence-electron chi connectivity index (χ0n) is 13.8. The first kappa shape index (κ1) is 17.0. The summed E-state index contributed by atoms with van der Waals surface area (Å²) in [7, 11) is 0. The lowest BCUT2D eigenvalue weighted by Crippen LogP contribution is -2.47. The molecule has 6 nitrogen and oxygen atoms in total. The molecule has 4 amide bonds. The highest BCUT2D eigenvalue weighted by Crippen LogP contribution is 2.31. The fourth-order valence-electron chi connectivity index (χ4n) is 3.40. The molecule has 0 saturated carbocycles. The Morgan fingerprint density at radius 2 is 2.00 bits per heavy atom. The molecule has 3 rings (SSSR count). The van der Waals surface area contributed by atoms with E-state index in [0.717, 1.165) is 27.0 Å². The van der Waals surface area contributed by atoms with E-state index >= 15 is 0 Å². The minimum Gasteiger partial charge on any atom is -0.323 e. The summed E-state index contributed by atoms with van der Waals surface area (Å²) in [6, 6.07) is 5.29. The maximum atomic E-state index is 12.7. The van der Waals surface area contributed by atoms with Crippen molar-refractivity contribution in [3.05, 3.63) is 28.2 Å². The number of nitrogens with one attached hydrogen (secondary N) is 1. The average molecular weight is 394 g/mol. The lowest BCUT2D eigenvalue weighted by Gasteiger charge is -2.24. The molecule has 7 heteroatoms. The first-order chi connectivity index (χ1) is 11.4. The van der Waals surface area contributed by atoms with Gasteiger partial charge in [-0.25, -0.2) is 4.79 Å². The van der Waals surface area contributed by atoms with E-state index in [1.54, 1.807) is 4.90 Å². The number of hydrogen-bond donors (Lipinski definition) is 1. The Labute approximate surface area is 149 Å². The Morgan fingerprint density at radius 3 is 2.62 bits per heavy atom. The van der Waals surface area contributed by atoms with Gasteiger partial charge >= 0.3 is 6.03 Å². The summed E-state index contributed by atoms with van der Waals surface area (Å²) in [6.45, 7) is 4.08. The van der Waals surface area contributed by atoms with E-state index in [9.17, 15) is 14.4 Å².